The molecule has 0 aromatic carbocycles. The van der Waals surface area contributed by atoms with E-state index >= 15 is 0 Å². The monoisotopic (exact) mass is 229 g/mol. The van der Waals surface area contributed by atoms with Crippen LogP contribution >= 0.6 is 0 Å². The number of oxime groups is 1. The Morgan fingerprint density at radius 2 is 2.00 bits per heavy atom. The first-order valence-electron chi connectivity index (χ1n) is 6.06. The maximum absolute atomic E-state index is 10.0. The van der Waals surface area contributed by atoms with Crippen molar-refractivity contribution in [3.63, 3.8) is 0 Å². The summed E-state index contributed by atoms with van der Waals surface area (Å²) in [5.41, 5.74) is 4.88. The summed E-state index contributed by atoms with van der Waals surface area (Å²) < 4.78 is 0. The molecule has 0 heterocycles. The van der Waals surface area contributed by atoms with Gasteiger partial charge in [-0.2, -0.15) is 0 Å². The molecule has 1 saturated carbocycles. The minimum absolute atomic E-state index is 0.287. The normalized spacial score (nSPS) is 20.2. The van der Waals surface area contributed by atoms with Crippen LogP contribution in [0.3, 0.4) is 0 Å². The van der Waals surface area contributed by atoms with Gasteiger partial charge in [0, 0.05) is 13.0 Å². The molecule has 0 amide bonds. The van der Waals surface area contributed by atoms with E-state index in [0.29, 0.717) is 13.0 Å². The molecule has 1 aliphatic carbocycles. The Balaban J connectivity index is 1.95. The molecule has 0 aromatic heterocycles. The van der Waals surface area contributed by atoms with E-state index in [4.69, 9.17) is 10.9 Å². The fourth-order valence-corrected chi connectivity index (χ4v) is 2.14. The van der Waals surface area contributed by atoms with Gasteiger partial charge in [-0.1, -0.05) is 18.0 Å². The highest BCUT2D eigenvalue weighted by Gasteiger charge is 2.30. The van der Waals surface area contributed by atoms with E-state index in [2.05, 4.69) is 10.5 Å². The third kappa shape index (κ3) is 4.81. The molecule has 1 fully saturated rings. The summed E-state index contributed by atoms with van der Waals surface area (Å²) >= 11 is 0. The molecule has 0 bridgehead atoms. The van der Waals surface area contributed by atoms with E-state index < -0.39 is 5.60 Å². The lowest BCUT2D eigenvalue weighted by molar-refractivity contribution is 0.0479. The van der Waals surface area contributed by atoms with Crippen LogP contribution in [0.1, 0.15) is 44.9 Å². The van der Waals surface area contributed by atoms with E-state index in [-0.39, 0.29) is 5.84 Å². The second kappa shape index (κ2) is 6.70. The number of unbranched alkanes of at least 4 members (excludes halogenated alkanes) is 1. The van der Waals surface area contributed by atoms with Crippen molar-refractivity contribution in [3.8, 4) is 0 Å². The number of rotatable bonds is 7. The van der Waals surface area contributed by atoms with E-state index in [1.807, 2.05) is 0 Å². The van der Waals surface area contributed by atoms with E-state index in [1.54, 1.807) is 0 Å². The van der Waals surface area contributed by atoms with Crippen molar-refractivity contribution in [2.45, 2.75) is 50.5 Å². The van der Waals surface area contributed by atoms with Crippen LogP contribution in [0, 0.1) is 0 Å². The predicted octanol–water partition coefficient (Wildman–Crippen LogP) is 0.798. The summed E-state index contributed by atoms with van der Waals surface area (Å²) in [6.45, 7) is 1.57. The van der Waals surface area contributed by atoms with E-state index in [1.165, 1.54) is 0 Å². The summed E-state index contributed by atoms with van der Waals surface area (Å²) in [5.74, 6) is 0.287. The van der Waals surface area contributed by atoms with Gasteiger partial charge in [0.15, 0.2) is 0 Å². The first-order valence-corrected chi connectivity index (χ1v) is 6.06. The molecule has 5 heteroatoms. The number of nitrogens with zero attached hydrogens (tertiary/aromatic N) is 1. The van der Waals surface area contributed by atoms with Crippen LogP contribution in [0.15, 0.2) is 5.16 Å². The van der Waals surface area contributed by atoms with Gasteiger partial charge in [0.2, 0.25) is 0 Å². The summed E-state index contributed by atoms with van der Waals surface area (Å²) in [7, 11) is 0. The van der Waals surface area contributed by atoms with Gasteiger partial charge in [0.05, 0.1) is 5.60 Å². The molecule has 0 atom stereocenters. The van der Waals surface area contributed by atoms with Crippen molar-refractivity contribution in [1.29, 1.82) is 0 Å². The number of aliphatic hydroxyl groups is 1. The quantitative estimate of drug-likeness (QED) is 0.171. The molecule has 0 unspecified atom stereocenters. The molecular weight excluding hydrogens is 206 g/mol. The van der Waals surface area contributed by atoms with Gasteiger partial charge in [-0.05, 0) is 32.2 Å². The lowest BCUT2D eigenvalue weighted by atomic mass is 10.0. The fourth-order valence-electron chi connectivity index (χ4n) is 2.14. The van der Waals surface area contributed by atoms with Crippen LogP contribution in [0.5, 0.6) is 0 Å². The highest BCUT2D eigenvalue weighted by Crippen LogP contribution is 2.28. The van der Waals surface area contributed by atoms with Gasteiger partial charge in [-0.15, -0.1) is 0 Å². The third-order valence-electron chi connectivity index (χ3n) is 3.15. The third-order valence-corrected chi connectivity index (χ3v) is 3.15. The van der Waals surface area contributed by atoms with Crippen LogP contribution in [-0.4, -0.2) is 34.8 Å². The average Bonchev–Trinajstić information content (AvgIpc) is 2.70. The molecule has 0 spiro atoms. The van der Waals surface area contributed by atoms with Crippen LogP contribution in [0.2, 0.25) is 0 Å². The summed E-state index contributed by atoms with van der Waals surface area (Å²) in [6, 6.07) is 0. The Labute approximate surface area is 96.7 Å². The molecule has 16 heavy (non-hydrogen) atoms. The number of hydrogen-bond donors (Lipinski definition) is 4. The van der Waals surface area contributed by atoms with Gasteiger partial charge in [-0.3, -0.25) is 0 Å². The zero-order chi connectivity index (χ0) is 11.9. The molecule has 5 nitrogen and oxygen atoms in total. The van der Waals surface area contributed by atoms with E-state index in [9.17, 15) is 5.11 Å². The summed E-state index contributed by atoms with van der Waals surface area (Å²) in [6.07, 6.45) is 6.63. The lowest BCUT2D eigenvalue weighted by Crippen LogP contribution is -2.38. The molecular formula is C11H23N3O2. The Bertz CT molecular complexity index is 225. The SMILES string of the molecule is NC(CCCCNCC1(O)CCCC1)=NO. The highest BCUT2D eigenvalue weighted by atomic mass is 16.4. The minimum atomic E-state index is -0.467. The predicted molar refractivity (Wildman–Crippen MR) is 63.5 cm³/mol. The van der Waals surface area contributed by atoms with Gasteiger partial charge >= 0.3 is 0 Å². The summed E-state index contributed by atoms with van der Waals surface area (Å²) in [5, 5.41) is 24.5. The molecule has 1 rings (SSSR count). The van der Waals surface area contributed by atoms with Gasteiger partial charge in [0.1, 0.15) is 5.84 Å². The molecule has 1 aliphatic rings. The highest BCUT2D eigenvalue weighted by molar-refractivity contribution is 5.79. The second-order valence-electron chi connectivity index (χ2n) is 4.66. The Kier molecular flexibility index (Phi) is 5.55. The molecule has 0 aromatic rings. The second-order valence-corrected chi connectivity index (χ2v) is 4.66. The number of amidine groups is 1. The van der Waals surface area contributed by atoms with Crippen LogP contribution in [-0.2, 0) is 0 Å². The first-order chi connectivity index (χ1) is 7.66. The lowest BCUT2D eigenvalue weighted by Gasteiger charge is -2.22. The number of nitrogens with two attached hydrogens (primary N) is 1. The molecule has 5 N–H and O–H groups in total. The van der Waals surface area contributed by atoms with Gasteiger partial charge < -0.3 is 21.4 Å². The zero-order valence-electron chi connectivity index (χ0n) is 9.78. The van der Waals surface area contributed by atoms with Crippen LogP contribution < -0.4 is 11.1 Å². The number of nitrogens with one attached hydrogen (secondary N) is 1. The van der Waals surface area contributed by atoms with Crippen molar-refractivity contribution < 1.29 is 10.3 Å². The van der Waals surface area contributed by atoms with E-state index in [0.717, 1.165) is 45.1 Å². The molecule has 0 aliphatic heterocycles. The molecule has 94 valence electrons. The van der Waals surface area contributed by atoms with Crippen molar-refractivity contribution in [2.24, 2.45) is 10.9 Å². The maximum atomic E-state index is 10.0. The number of hydrogen-bond acceptors (Lipinski definition) is 4. The van der Waals surface area contributed by atoms with Crippen LogP contribution in [0.25, 0.3) is 0 Å². The molecule has 0 saturated heterocycles. The zero-order valence-corrected chi connectivity index (χ0v) is 9.78. The van der Waals surface area contributed by atoms with Crippen molar-refractivity contribution in [3.05, 3.63) is 0 Å². The first kappa shape index (κ1) is 13.3. The van der Waals surface area contributed by atoms with Gasteiger partial charge in [0.25, 0.3) is 0 Å². The van der Waals surface area contributed by atoms with Crippen molar-refractivity contribution in [1.82, 2.24) is 5.32 Å². The Morgan fingerprint density at radius 1 is 1.31 bits per heavy atom. The van der Waals surface area contributed by atoms with Crippen molar-refractivity contribution >= 4 is 5.84 Å². The largest absolute Gasteiger partial charge is 0.409 e. The average molecular weight is 229 g/mol. The molecule has 0 radical (unpaired) electrons. The standard InChI is InChI=1S/C11H23N3O2/c12-10(14-16)5-1-4-8-13-9-11(15)6-2-3-7-11/h13,15-16H,1-9H2,(H2,12,14). The summed E-state index contributed by atoms with van der Waals surface area (Å²) in [4.78, 5) is 0. The minimum Gasteiger partial charge on any atom is -0.409 e. The Morgan fingerprint density at radius 3 is 2.62 bits per heavy atom. The fraction of sp³-hybridized carbons (Fsp3) is 0.909. The Hall–Kier alpha value is -0.810. The topological polar surface area (TPSA) is 90.9 Å². The van der Waals surface area contributed by atoms with Crippen LogP contribution in [0.4, 0.5) is 0 Å². The van der Waals surface area contributed by atoms with Crippen molar-refractivity contribution in [2.75, 3.05) is 13.1 Å². The maximum Gasteiger partial charge on any atom is 0.139 e. The van der Waals surface area contributed by atoms with Gasteiger partial charge in [-0.25, -0.2) is 0 Å². The smallest absolute Gasteiger partial charge is 0.139 e.